The monoisotopic (exact) mass is 178 g/mol. The molecule has 0 unspecified atom stereocenters. The third kappa shape index (κ3) is 3.00. The largest absolute Gasteiger partial charge is 0.453 e. The Hall–Kier alpha value is -0.400. The molecule has 11 heavy (non-hydrogen) atoms. The van der Waals surface area contributed by atoms with Gasteiger partial charge in [-0.1, -0.05) is 0 Å². The Morgan fingerprint density at radius 1 is 0.909 bits per heavy atom. The number of alkyl halides is 4. The fourth-order valence-electron chi connectivity index (χ4n) is 0.135. The number of halogens is 4. The Balaban J connectivity index is 0.000000218. The summed E-state index contributed by atoms with van der Waals surface area (Å²) in [5, 5.41) is 15.2. The lowest BCUT2D eigenvalue weighted by Crippen LogP contribution is -2.02. The van der Waals surface area contributed by atoms with Crippen molar-refractivity contribution in [3.05, 3.63) is 0 Å². The molecule has 1 aliphatic heterocycles. The SMILES string of the molecule is FC1(F)OC1(F)F.OCCO. The highest BCUT2D eigenvalue weighted by atomic mass is 19.4. The van der Waals surface area contributed by atoms with Crippen LogP contribution in [0.25, 0.3) is 0 Å². The maximum absolute atomic E-state index is 10.9. The molecule has 68 valence electrons. The van der Waals surface area contributed by atoms with Crippen LogP contribution in [0.1, 0.15) is 0 Å². The molecule has 1 fully saturated rings. The highest BCUT2D eigenvalue weighted by Crippen LogP contribution is 2.52. The molecule has 0 bridgehead atoms. The average molecular weight is 178 g/mol. The van der Waals surface area contributed by atoms with E-state index in [1.54, 1.807) is 0 Å². The van der Waals surface area contributed by atoms with Gasteiger partial charge in [0.25, 0.3) is 0 Å². The molecule has 1 aliphatic rings. The van der Waals surface area contributed by atoms with Crippen LogP contribution in [0.4, 0.5) is 17.6 Å². The lowest BCUT2D eigenvalue weighted by molar-refractivity contribution is -0.0278. The first-order chi connectivity index (χ1) is 4.87. The van der Waals surface area contributed by atoms with Gasteiger partial charge in [0.2, 0.25) is 0 Å². The lowest BCUT2D eigenvalue weighted by atomic mass is 10.8. The van der Waals surface area contributed by atoms with E-state index in [-0.39, 0.29) is 13.2 Å². The summed E-state index contributed by atoms with van der Waals surface area (Å²) < 4.78 is 46.4. The topological polar surface area (TPSA) is 53.0 Å². The second-order valence-electron chi connectivity index (χ2n) is 1.58. The van der Waals surface area contributed by atoms with Gasteiger partial charge in [0.1, 0.15) is 0 Å². The Kier molecular flexibility index (Phi) is 3.21. The van der Waals surface area contributed by atoms with E-state index in [1.165, 1.54) is 0 Å². The van der Waals surface area contributed by atoms with Crippen LogP contribution in [-0.2, 0) is 4.74 Å². The minimum absolute atomic E-state index is 0.125. The zero-order valence-electron chi connectivity index (χ0n) is 5.23. The summed E-state index contributed by atoms with van der Waals surface area (Å²) in [7, 11) is 0. The Morgan fingerprint density at radius 3 is 1.09 bits per heavy atom. The maximum atomic E-state index is 10.9. The molecule has 0 aromatic carbocycles. The Bertz CT molecular complexity index is 113. The number of rotatable bonds is 1. The molecule has 3 nitrogen and oxygen atoms in total. The number of epoxide rings is 1. The van der Waals surface area contributed by atoms with E-state index in [0.29, 0.717) is 0 Å². The molecule has 0 aromatic heterocycles. The number of hydrogen-bond donors (Lipinski definition) is 2. The zero-order chi connectivity index (χ0) is 9.12. The summed E-state index contributed by atoms with van der Waals surface area (Å²) in [6.07, 6.45) is -8.38. The van der Waals surface area contributed by atoms with Crippen LogP contribution >= 0.6 is 0 Å². The van der Waals surface area contributed by atoms with E-state index >= 15 is 0 Å². The van der Waals surface area contributed by atoms with E-state index in [0.717, 1.165) is 0 Å². The van der Waals surface area contributed by atoms with Crippen molar-refractivity contribution in [2.75, 3.05) is 13.2 Å². The van der Waals surface area contributed by atoms with Gasteiger partial charge >= 0.3 is 12.2 Å². The van der Waals surface area contributed by atoms with Crippen LogP contribution < -0.4 is 0 Å². The molecular weight excluding hydrogens is 172 g/mol. The second-order valence-corrected chi connectivity index (χ2v) is 1.58. The molecule has 1 saturated heterocycles. The van der Waals surface area contributed by atoms with Gasteiger partial charge in [0, 0.05) is 0 Å². The standard InChI is InChI=1S/C2F4O.C2H6O2/c3-1(4)2(5,6)7-1;3-1-2-4/h;3-4H,1-2H2. The molecule has 0 aromatic rings. The van der Waals surface area contributed by atoms with Gasteiger partial charge in [0.05, 0.1) is 13.2 Å². The molecular formula is C4H6F4O3. The number of hydrogen-bond acceptors (Lipinski definition) is 3. The van der Waals surface area contributed by atoms with Crippen molar-refractivity contribution in [2.24, 2.45) is 0 Å². The zero-order valence-corrected chi connectivity index (χ0v) is 5.23. The summed E-state index contributed by atoms with van der Waals surface area (Å²) in [5.74, 6) is 0. The Labute approximate surface area is 59.2 Å². The van der Waals surface area contributed by atoms with Gasteiger partial charge in [-0.3, -0.25) is 0 Å². The number of aliphatic hydroxyl groups excluding tert-OH is 2. The molecule has 1 heterocycles. The Morgan fingerprint density at radius 2 is 1.09 bits per heavy atom. The molecule has 0 aliphatic carbocycles. The van der Waals surface area contributed by atoms with Gasteiger partial charge in [-0.2, -0.15) is 17.6 Å². The quantitative estimate of drug-likeness (QED) is 0.444. The van der Waals surface area contributed by atoms with Gasteiger partial charge in [-0.25, -0.2) is 4.74 Å². The smallest absolute Gasteiger partial charge is 0.394 e. The van der Waals surface area contributed by atoms with Crippen LogP contribution in [0, 0.1) is 0 Å². The van der Waals surface area contributed by atoms with E-state index < -0.39 is 12.2 Å². The minimum atomic E-state index is -4.19. The molecule has 0 radical (unpaired) electrons. The predicted octanol–water partition coefficient (Wildman–Crippen LogP) is 0.173. The average Bonchev–Trinajstić information content (AvgIpc) is 2.30. The van der Waals surface area contributed by atoms with Crippen molar-refractivity contribution in [3.63, 3.8) is 0 Å². The second kappa shape index (κ2) is 3.33. The molecule has 0 spiro atoms. The van der Waals surface area contributed by atoms with Crippen molar-refractivity contribution >= 4 is 0 Å². The maximum Gasteiger partial charge on any atom is 0.453 e. The summed E-state index contributed by atoms with van der Waals surface area (Å²) in [6.45, 7) is -0.250. The lowest BCUT2D eigenvalue weighted by Gasteiger charge is -1.78. The number of ether oxygens (including phenoxy) is 1. The third-order valence-electron chi connectivity index (χ3n) is 0.654. The number of aliphatic hydroxyl groups is 2. The molecule has 0 atom stereocenters. The predicted molar refractivity (Wildman–Crippen MR) is 25.2 cm³/mol. The van der Waals surface area contributed by atoms with Crippen LogP contribution in [0.15, 0.2) is 0 Å². The molecule has 0 saturated carbocycles. The third-order valence-corrected chi connectivity index (χ3v) is 0.654. The fraction of sp³-hybridized carbons (Fsp3) is 1.00. The van der Waals surface area contributed by atoms with E-state index in [9.17, 15) is 17.6 Å². The summed E-state index contributed by atoms with van der Waals surface area (Å²) >= 11 is 0. The molecule has 1 rings (SSSR count). The van der Waals surface area contributed by atoms with Gasteiger partial charge in [0.15, 0.2) is 0 Å². The summed E-state index contributed by atoms with van der Waals surface area (Å²) in [4.78, 5) is 0. The van der Waals surface area contributed by atoms with Crippen LogP contribution in [0.2, 0.25) is 0 Å². The first kappa shape index (κ1) is 10.6. The van der Waals surface area contributed by atoms with Crippen LogP contribution in [0.5, 0.6) is 0 Å². The van der Waals surface area contributed by atoms with Crippen LogP contribution in [-0.4, -0.2) is 35.6 Å². The van der Waals surface area contributed by atoms with Gasteiger partial charge < -0.3 is 10.2 Å². The summed E-state index contributed by atoms with van der Waals surface area (Å²) in [6, 6.07) is 0. The minimum Gasteiger partial charge on any atom is -0.394 e. The first-order valence-electron chi connectivity index (χ1n) is 2.55. The molecule has 0 amide bonds. The van der Waals surface area contributed by atoms with E-state index in [1.807, 2.05) is 0 Å². The van der Waals surface area contributed by atoms with Crippen LogP contribution in [0.3, 0.4) is 0 Å². The highest BCUT2D eigenvalue weighted by molar-refractivity contribution is 4.81. The molecule has 2 N–H and O–H groups in total. The van der Waals surface area contributed by atoms with E-state index in [2.05, 4.69) is 4.74 Å². The van der Waals surface area contributed by atoms with Gasteiger partial charge in [-0.05, 0) is 0 Å². The highest BCUT2D eigenvalue weighted by Gasteiger charge is 2.79. The van der Waals surface area contributed by atoms with E-state index in [4.69, 9.17) is 10.2 Å². The summed E-state index contributed by atoms with van der Waals surface area (Å²) in [5.41, 5.74) is 0. The van der Waals surface area contributed by atoms with Crippen molar-refractivity contribution in [3.8, 4) is 0 Å². The molecule has 7 heteroatoms. The van der Waals surface area contributed by atoms with Crippen molar-refractivity contribution in [2.45, 2.75) is 12.2 Å². The van der Waals surface area contributed by atoms with Crippen molar-refractivity contribution in [1.82, 2.24) is 0 Å². The van der Waals surface area contributed by atoms with Crippen molar-refractivity contribution in [1.29, 1.82) is 0 Å². The van der Waals surface area contributed by atoms with Crippen molar-refractivity contribution < 1.29 is 32.5 Å². The normalized spacial score (nSPS) is 23.5. The van der Waals surface area contributed by atoms with Gasteiger partial charge in [-0.15, -0.1) is 0 Å². The first-order valence-corrected chi connectivity index (χ1v) is 2.55. The fourth-order valence-corrected chi connectivity index (χ4v) is 0.135.